The number of carbonyl (C=O) groups is 1. The van der Waals surface area contributed by atoms with Gasteiger partial charge in [0.25, 0.3) is 0 Å². The lowest BCUT2D eigenvalue weighted by Crippen LogP contribution is -2.13. The van der Waals surface area contributed by atoms with E-state index in [9.17, 15) is 9.59 Å². The zero-order chi connectivity index (χ0) is 7.28. The van der Waals surface area contributed by atoms with Gasteiger partial charge in [-0.05, 0) is 5.92 Å². The summed E-state index contributed by atoms with van der Waals surface area (Å²) in [5.41, 5.74) is 0. The van der Waals surface area contributed by atoms with Gasteiger partial charge in [0, 0.05) is 0 Å². The highest BCUT2D eigenvalue weighted by molar-refractivity contribution is 5.60. The summed E-state index contributed by atoms with van der Waals surface area (Å²) < 4.78 is 0. The molecule has 0 aliphatic heterocycles. The van der Waals surface area contributed by atoms with Gasteiger partial charge in [-0.3, -0.25) is 0 Å². The highest BCUT2D eigenvalue weighted by atomic mass is 16.1. The average Bonchev–Trinajstić information content (AvgIpc) is 1.82. The quantitative estimate of drug-likeness (QED) is 0.315. The first-order valence-electron chi connectivity index (χ1n) is 2.74. The van der Waals surface area contributed by atoms with Crippen LogP contribution in [0.2, 0.25) is 0 Å². The number of rotatable bonds is 3. The van der Waals surface area contributed by atoms with Crippen molar-refractivity contribution < 1.29 is 9.59 Å². The maximum Gasteiger partial charge on any atom is 0.235 e. The molecule has 0 aromatic heterocycles. The zero-order valence-corrected chi connectivity index (χ0v) is 5.50. The van der Waals surface area contributed by atoms with Crippen LogP contribution in [0, 0.1) is 5.92 Å². The van der Waals surface area contributed by atoms with Gasteiger partial charge >= 0.3 is 0 Å². The molecule has 50 valence electrons. The Hall–Kier alpha value is -0.950. The molecule has 0 aliphatic carbocycles. The van der Waals surface area contributed by atoms with E-state index < -0.39 is 6.04 Å². The number of aliphatic imine (C=N–C) groups is 1. The molecule has 0 aromatic carbocycles. The summed E-state index contributed by atoms with van der Waals surface area (Å²) in [4.78, 5) is 23.0. The van der Waals surface area contributed by atoms with Crippen molar-refractivity contribution in [3.05, 3.63) is 0 Å². The van der Waals surface area contributed by atoms with Gasteiger partial charge in [-0.25, -0.2) is 4.79 Å². The van der Waals surface area contributed by atoms with Crippen LogP contribution in [0.3, 0.4) is 0 Å². The van der Waals surface area contributed by atoms with Gasteiger partial charge in [0.2, 0.25) is 6.08 Å². The Morgan fingerprint density at radius 2 is 2.11 bits per heavy atom. The monoisotopic (exact) mass is 127 g/mol. The van der Waals surface area contributed by atoms with E-state index >= 15 is 0 Å². The van der Waals surface area contributed by atoms with Gasteiger partial charge < -0.3 is 4.79 Å². The topological polar surface area (TPSA) is 46.5 Å². The van der Waals surface area contributed by atoms with Crippen molar-refractivity contribution in [2.24, 2.45) is 10.9 Å². The van der Waals surface area contributed by atoms with E-state index in [0.717, 1.165) is 0 Å². The lowest BCUT2D eigenvalue weighted by Gasteiger charge is -2.03. The van der Waals surface area contributed by atoms with Crippen LogP contribution in [0.5, 0.6) is 0 Å². The van der Waals surface area contributed by atoms with Gasteiger partial charge in [-0.2, -0.15) is 4.99 Å². The molecule has 3 heteroatoms. The molecule has 0 saturated heterocycles. The number of isocyanates is 1. The summed E-state index contributed by atoms with van der Waals surface area (Å²) in [7, 11) is 0. The largest absolute Gasteiger partial charge is 0.301 e. The molecule has 0 saturated carbocycles. The van der Waals surface area contributed by atoms with Crippen molar-refractivity contribution in [3.63, 3.8) is 0 Å². The minimum Gasteiger partial charge on any atom is -0.301 e. The fourth-order valence-corrected chi connectivity index (χ4v) is 0.397. The van der Waals surface area contributed by atoms with E-state index in [1.165, 1.54) is 6.08 Å². The van der Waals surface area contributed by atoms with Crippen LogP contribution in [0.4, 0.5) is 0 Å². The van der Waals surface area contributed by atoms with Crippen LogP contribution in [-0.4, -0.2) is 18.4 Å². The first kappa shape index (κ1) is 8.05. The van der Waals surface area contributed by atoms with Gasteiger partial charge in [-0.15, -0.1) is 0 Å². The molecule has 0 heterocycles. The van der Waals surface area contributed by atoms with E-state index in [2.05, 4.69) is 4.99 Å². The van der Waals surface area contributed by atoms with Gasteiger partial charge in [0.1, 0.15) is 12.3 Å². The number of hydrogen-bond donors (Lipinski definition) is 0. The molecule has 0 radical (unpaired) electrons. The Bertz CT molecular complexity index is 136. The van der Waals surface area contributed by atoms with Crippen LogP contribution in [0.15, 0.2) is 4.99 Å². The van der Waals surface area contributed by atoms with E-state index in [1.807, 2.05) is 13.8 Å². The third kappa shape index (κ3) is 2.77. The van der Waals surface area contributed by atoms with Gasteiger partial charge in [0.15, 0.2) is 0 Å². The summed E-state index contributed by atoms with van der Waals surface area (Å²) in [6, 6.07) is -0.512. The van der Waals surface area contributed by atoms with Crippen molar-refractivity contribution in [2.75, 3.05) is 0 Å². The van der Waals surface area contributed by atoms with Gasteiger partial charge in [0.05, 0.1) is 0 Å². The Kier molecular flexibility index (Phi) is 3.56. The van der Waals surface area contributed by atoms with Crippen LogP contribution in [0.25, 0.3) is 0 Å². The normalized spacial score (nSPS) is 12.3. The van der Waals surface area contributed by atoms with Crippen LogP contribution < -0.4 is 0 Å². The minimum atomic E-state index is -0.512. The highest BCUT2D eigenvalue weighted by Gasteiger charge is 2.08. The summed E-state index contributed by atoms with van der Waals surface area (Å²) in [6.07, 6.45) is 1.99. The Balaban J connectivity index is 3.97. The van der Waals surface area contributed by atoms with Crippen molar-refractivity contribution in [1.29, 1.82) is 0 Å². The minimum absolute atomic E-state index is 0.0870. The van der Waals surface area contributed by atoms with Crippen LogP contribution >= 0.6 is 0 Å². The van der Waals surface area contributed by atoms with E-state index in [0.29, 0.717) is 6.29 Å². The van der Waals surface area contributed by atoms with Crippen molar-refractivity contribution in [1.82, 2.24) is 0 Å². The SMILES string of the molecule is CC(C)[C@@H](C=O)N=C=O. The summed E-state index contributed by atoms with van der Waals surface area (Å²) in [5, 5.41) is 0. The molecule has 0 aromatic rings. The zero-order valence-electron chi connectivity index (χ0n) is 5.50. The molecule has 0 amide bonds. The van der Waals surface area contributed by atoms with Crippen LogP contribution in [-0.2, 0) is 9.59 Å². The molecular weight excluding hydrogens is 118 g/mol. The third-order valence-corrected chi connectivity index (χ3v) is 1.02. The molecule has 0 unspecified atom stereocenters. The molecule has 0 spiro atoms. The second-order valence-corrected chi connectivity index (χ2v) is 2.09. The number of hydrogen-bond acceptors (Lipinski definition) is 3. The van der Waals surface area contributed by atoms with Crippen molar-refractivity contribution in [2.45, 2.75) is 19.9 Å². The molecule has 0 aliphatic rings. The third-order valence-electron chi connectivity index (χ3n) is 1.02. The van der Waals surface area contributed by atoms with E-state index in [-0.39, 0.29) is 5.92 Å². The van der Waals surface area contributed by atoms with E-state index in [1.54, 1.807) is 0 Å². The molecule has 0 bridgehead atoms. The predicted octanol–water partition coefficient (Wildman–Crippen LogP) is 0.546. The summed E-state index contributed by atoms with van der Waals surface area (Å²) >= 11 is 0. The van der Waals surface area contributed by atoms with Crippen molar-refractivity contribution in [3.8, 4) is 0 Å². The van der Waals surface area contributed by atoms with Crippen LogP contribution in [0.1, 0.15) is 13.8 Å². The Morgan fingerprint density at radius 3 is 2.22 bits per heavy atom. The molecule has 9 heavy (non-hydrogen) atoms. The fraction of sp³-hybridized carbons (Fsp3) is 0.667. The van der Waals surface area contributed by atoms with Gasteiger partial charge in [-0.1, -0.05) is 13.8 Å². The first-order valence-corrected chi connectivity index (χ1v) is 2.74. The fourth-order valence-electron chi connectivity index (χ4n) is 0.397. The maximum absolute atomic E-state index is 10.1. The summed E-state index contributed by atoms with van der Waals surface area (Å²) in [5.74, 6) is 0.0870. The molecule has 0 rings (SSSR count). The second kappa shape index (κ2) is 3.98. The predicted molar refractivity (Wildman–Crippen MR) is 32.8 cm³/mol. The first-order chi connectivity index (χ1) is 4.22. The molecular formula is C6H9NO2. The Labute approximate surface area is 53.8 Å². The lowest BCUT2D eigenvalue weighted by atomic mass is 10.1. The molecule has 3 nitrogen and oxygen atoms in total. The maximum atomic E-state index is 10.1. The Morgan fingerprint density at radius 1 is 1.56 bits per heavy atom. The summed E-state index contributed by atoms with van der Waals surface area (Å²) in [6.45, 7) is 3.64. The number of carbonyl (C=O) groups excluding carboxylic acids is 2. The average molecular weight is 127 g/mol. The van der Waals surface area contributed by atoms with Crippen molar-refractivity contribution >= 4 is 12.4 Å². The molecule has 0 fully saturated rings. The molecule has 0 N–H and O–H groups in total. The molecule has 1 atom stereocenters. The number of aldehydes is 1. The lowest BCUT2D eigenvalue weighted by molar-refractivity contribution is -0.109. The highest BCUT2D eigenvalue weighted by Crippen LogP contribution is 2.00. The van der Waals surface area contributed by atoms with E-state index in [4.69, 9.17) is 0 Å². The number of nitrogens with zero attached hydrogens (tertiary/aromatic N) is 1. The second-order valence-electron chi connectivity index (χ2n) is 2.09. The standard InChI is InChI=1S/C6H9NO2/c1-5(2)6(3-8)7-4-9/h3,5-6H,1-2H3/t6-/m1/s1. The smallest absolute Gasteiger partial charge is 0.235 e.